The minimum Gasteiger partial charge on any atom is -0.383 e. The summed E-state index contributed by atoms with van der Waals surface area (Å²) in [5, 5.41) is 0. The number of nitrogens with two attached hydrogens (primary N) is 2. The summed E-state index contributed by atoms with van der Waals surface area (Å²) in [6.45, 7) is 2.23. The van der Waals surface area contributed by atoms with E-state index in [0.29, 0.717) is 5.92 Å². The van der Waals surface area contributed by atoms with Crippen LogP contribution in [-0.4, -0.2) is 15.9 Å². The first-order chi connectivity index (χ1) is 9.11. The predicted octanol–water partition coefficient (Wildman–Crippen LogP) is 2.23. The number of carbonyl (C=O) groups excluding carboxylic acids is 1. The molecule has 5 nitrogen and oxygen atoms in total. The van der Waals surface area contributed by atoms with Gasteiger partial charge in [-0.3, -0.25) is 4.79 Å². The lowest BCUT2D eigenvalue weighted by atomic mass is 9.80. The first-order valence-corrected chi connectivity index (χ1v) is 7.04. The Morgan fingerprint density at radius 2 is 2.05 bits per heavy atom. The molecule has 0 unspecified atom stereocenters. The molecule has 0 radical (unpaired) electrons. The zero-order chi connectivity index (χ0) is 13.8. The number of carbonyl (C=O) groups is 1. The molecule has 0 spiro atoms. The van der Waals surface area contributed by atoms with Crippen molar-refractivity contribution in [3.8, 4) is 0 Å². The Morgan fingerprint density at radius 3 is 2.58 bits per heavy atom. The third kappa shape index (κ3) is 3.22. The van der Waals surface area contributed by atoms with E-state index in [0.717, 1.165) is 24.6 Å². The summed E-state index contributed by atoms with van der Waals surface area (Å²) < 4.78 is 0. The van der Waals surface area contributed by atoms with Crippen LogP contribution in [0.5, 0.6) is 0 Å². The molecule has 1 saturated carbocycles. The van der Waals surface area contributed by atoms with Crippen LogP contribution in [0.3, 0.4) is 0 Å². The van der Waals surface area contributed by atoms with Crippen LogP contribution in [0.4, 0.5) is 5.82 Å². The van der Waals surface area contributed by atoms with Gasteiger partial charge < -0.3 is 11.5 Å². The minimum atomic E-state index is -0.573. The number of amides is 1. The van der Waals surface area contributed by atoms with Crippen molar-refractivity contribution in [2.24, 2.45) is 11.7 Å². The molecule has 5 heteroatoms. The molecule has 1 fully saturated rings. The average molecular weight is 262 g/mol. The third-order valence-electron chi connectivity index (χ3n) is 4.01. The fraction of sp³-hybridized carbons (Fsp3) is 0.643. The first kappa shape index (κ1) is 13.8. The quantitative estimate of drug-likeness (QED) is 0.869. The van der Waals surface area contributed by atoms with E-state index >= 15 is 0 Å². The van der Waals surface area contributed by atoms with Crippen LogP contribution in [0.1, 0.15) is 67.5 Å². The molecule has 0 atom stereocenters. The summed E-state index contributed by atoms with van der Waals surface area (Å²) >= 11 is 0. The normalized spacial score (nSPS) is 23.2. The van der Waals surface area contributed by atoms with Crippen LogP contribution < -0.4 is 11.5 Å². The summed E-state index contributed by atoms with van der Waals surface area (Å²) in [7, 11) is 0. The molecule has 1 aromatic heterocycles. The summed E-state index contributed by atoms with van der Waals surface area (Å²) in [5.41, 5.74) is 11.2. The van der Waals surface area contributed by atoms with Gasteiger partial charge in [-0.1, -0.05) is 19.8 Å². The van der Waals surface area contributed by atoms with Gasteiger partial charge >= 0.3 is 0 Å². The molecule has 1 aromatic rings. The summed E-state index contributed by atoms with van der Waals surface area (Å²) in [4.78, 5) is 19.6. The van der Waals surface area contributed by atoms with Gasteiger partial charge in [0.1, 0.15) is 11.6 Å². The SMILES string of the molecule is CCCC1CCC(c2ncc(C(N)=O)c(N)n2)CC1. The molecule has 1 aliphatic carbocycles. The second-order valence-corrected chi connectivity index (χ2v) is 5.40. The fourth-order valence-electron chi connectivity index (χ4n) is 2.91. The van der Waals surface area contributed by atoms with Crippen molar-refractivity contribution in [3.63, 3.8) is 0 Å². The summed E-state index contributed by atoms with van der Waals surface area (Å²) in [6, 6.07) is 0. The van der Waals surface area contributed by atoms with E-state index in [1.807, 2.05) is 0 Å². The van der Waals surface area contributed by atoms with Crippen LogP contribution >= 0.6 is 0 Å². The number of rotatable bonds is 4. The van der Waals surface area contributed by atoms with Gasteiger partial charge in [0.25, 0.3) is 5.91 Å². The highest BCUT2D eigenvalue weighted by molar-refractivity contribution is 5.96. The average Bonchev–Trinajstić information content (AvgIpc) is 2.39. The second kappa shape index (κ2) is 5.99. The van der Waals surface area contributed by atoms with Gasteiger partial charge in [-0.05, 0) is 31.6 Å². The maximum absolute atomic E-state index is 11.1. The van der Waals surface area contributed by atoms with E-state index in [4.69, 9.17) is 11.5 Å². The molecule has 19 heavy (non-hydrogen) atoms. The number of anilines is 1. The summed E-state index contributed by atoms with van der Waals surface area (Å²) in [5.74, 6) is 1.61. The van der Waals surface area contributed by atoms with Crippen LogP contribution in [0.25, 0.3) is 0 Å². The van der Waals surface area contributed by atoms with Gasteiger partial charge in [0.05, 0.1) is 5.56 Å². The largest absolute Gasteiger partial charge is 0.383 e. The van der Waals surface area contributed by atoms with Crippen molar-refractivity contribution in [3.05, 3.63) is 17.6 Å². The Bertz CT molecular complexity index is 453. The monoisotopic (exact) mass is 262 g/mol. The number of primary amides is 1. The van der Waals surface area contributed by atoms with Crippen LogP contribution in [0, 0.1) is 5.92 Å². The van der Waals surface area contributed by atoms with E-state index in [1.54, 1.807) is 0 Å². The number of hydrogen-bond donors (Lipinski definition) is 2. The molecule has 0 saturated heterocycles. The van der Waals surface area contributed by atoms with Gasteiger partial charge in [0.15, 0.2) is 0 Å². The van der Waals surface area contributed by atoms with Crippen LogP contribution in [0.2, 0.25) is 0 Å². The number of hydrogen-bond acceptors (Lipinski definition) is 4. The topological polar surface area (TPSA) is 94.9 Å². The smallest absolute Gasteiger partial charge is 0.254 e. The van der Waals surface area contributed by atoms with Gasteiger partial charge in [-0.25, -0.2) is 9.97 Å². The highest BCUT2D eigenvalue weighted by Gasteiger charge is 2.24. The van der Waals surface area contributed by atoms with E-state index in [1.165, 1.54) is 31.9 Å². The Hall–Kier alpha value is -1.65. The number of aromatic nitrogens is 2. The standard InChI is InChI=1S/C14H22N4O/c1-2-3-9-4-6-10(7-5-9)14-17-8-11(13(16)19)12(15)18-14/h8-10H,2-7H2,1H3,(H2,16,19)(H2,15,17,18). The lowest BCUT2D eigenvalue weighted by molar-refractivity contribution is 0.100. The number of nitrogen functional groups attached to an aromatic ring is 1. The Balaban J connectivity index is 2.04. The molecule has 1 amide bonds. The van der Waals surface area contributed by atoms with Crippen molar-refractivity contribution in [2.45, 2.75) is 51.4 Å². The van der Waals surface area contributed by atoms with E-state index in [9.17, 15) is 4.79 Å². The Morgan fingerprint density at radius 1 is 1.37 bits per heavy atom. The first-order valence-electron chi connectivity index (χ1n) is 7.04. The molecule has 1 heterocycles. The van der Waals surface area contributed by atoms with E-state index < -0.39 is 5.91 Å². The fourth-order valence-corrected chi connectivity index (χ4v) is 2.91. The zero-order valence-electron chi connectivity index (χ0n) is 11.4. The van der Waals surface area contributed by atoms with Gasteiger partial charge in [-0.15, -0.1) is 0 Å². The van der Waals surface area contributed by atoms with Crippen molar-refractivity contribution in [1.29, 1.82) is 0 Å². The second-order valence-electron chi connectivity index (χ2n) is 5.40. The molecular formula is C14H22N4O. The Kier molecular flexibility index (Phi) is 4.35. The van der Waals surface area contributed by atoms with Crippen molar-refractivity contribution >= 4 is 11.7 Å². The molecule has 0 aliphatic heterocycles. The van der Waals surface area contributed by atoms with Gasteiger partial charge in [0, 0.05) is 12.1 Å². The predicted molar refractivity (Wildman–Crippen MR) is 74.6 cm³/mol. The van der Waals surface area contributed by atoms with E-state index in [2.05, 4.69) is 16.9 Å². The Labute approximate surface area is 113 Å². The van der Waals surface area contributed by atoms with Crippen molar-refractivity contribution in [1.82, 2.24) is 9.97 Å². The lowest BCUT2D eigenvalue weighted by Crippen LogP contribution is -2.19. The molecule has 4 N–H and O–H groups in total. The van der Waals surface area contributed by atoms with E-state index in [-0.39, 0.29) is 11.4 Å². The molecule has 0 bridgehead atoms. The lowest BCUT2D eigenvalue weighted by Gasteiger charge is -2.27. The minimum absolute atomic E-state index is 0.202. The van der Waals surface area contributed by atoms with Crippen LogP contribution in [-0.2, 0) is 0 Å². The molecule has 2 rings (SSSR count). The highest BCUT2D eigenvalue weighted by atomic mass is 16.1. The van der Waals surface area contributed by atoms with Gasteiger partial charge in [0.2, 0.25) is 0 Å². The molecular weight excluding hydrogens is 240 g/mol. The highest BCUT2D eigenvalue weighted by Crippen LogP contribution is 2.36. The molecule has 0 aromatic carbocycles. The zero-order valence-corrected chi connectivity index (χ0v) is 11.4. The maximum atomic E-state index is 11.1. The number of nitrogens with zero attached hydrogens (tertiary/aromatic N) is 2. The van der Waals surface area contributed by atoms with Crippen molar-refractivity contribution in [2.75, 3.05) is 5.73 Å². The third-order valence-corrected chi connectivity index (χ3v) is 4.01. The molecule has 104 valence electrons. The summed E-state index contributed by atoms with van der Waals surface area (Å²) in [6.07, 6.45) is 8.72. The van der Waals surface area contributed by atoms with Gasteiger partial charge in [-0.2, -0.15) is 0 Å². The molecule has 1 aliphatic rings. The van der Waals surface area contributed by atoms with Crippen molar-refractivity contribution < 1.29 is 4.79 Å². The van der Waals surface area contributed by atoms with Crippen LogP contribution in [0.15, 0.2) is 6.20 Å². The maximum Gasteiger partial charge on any atom is 0.254 e.